The van der Waals surface area contributed by atoms with E-state index in [4.69, 9.17) is 4.74 Å². The molecule has 25 heavy (non-hydrogen) atoms. The first-order chi connectivity index (χ1) is 12.1. The maximum atomic E-state index is 13.0. The van der Waals surface area contributed by atoms with Crippen molar-refractivity contribution in [3.63, 3.8) is 0 Å². The van der Waals surface area contributed by atoms with Gasteiger partial charge in [0, 0.05) is 44.8 Å². The Morgan fingerprint density at radius 2 is 1.76 bits per heavy atom. The monoisotopic (exact) mass is 348 g/mol. The first-order valence-electron chi connectivity index (χ1n) is 9.50. The second-order valence-corrected chi connectivity index (χ2v) is 7.31. The largest absolute Gasteiger partial charge is 0.462 e. The van der Waals surface area contributed by atoms with E-state index in [1.807, 2.05) is 12.1 Å². The van der Waals surface area contributed by atoms with Gasteiger partial charge in [-0.2, -0.15) is 0 Å². The predicted octanol–water partition coefficient (Wildman–Crippen LogP) is 3.46. The Morgan fingerprint density at radius 1 is 1.12 bits per heavy atom. The van der Waals surface area contributed by atoms with E-state index in [1.54, 1.807) is 0 Å². The van der Waals surface area contributed by atoms with E-state index in [2.05, 4.69) is 23.6 Å². The van der Waals surface area contributed by atoms with Crippen LogP contribution in [0.2, 0.25) is 0 Å². The number of benzene rings is 1. The van der Waals surface area contributed by atoms with Crippen molar-refractivity contribution in [1.29, 1.82) is 0 Å². The third-order valence-electron chi connectivity index (χ3n) is 6.01. The first kappa shape index (κ1) is 18.2. The zero-order chi connectivity index (χ0) is 17.9. The van der Waals surface area contributed by atoms with Crippen LogP contribution < -0.4 is 4.90 Å². The van der Waals surface area contributed by atoms with Crippen molar-refractivity contribution in [1.82, 2.24) is 4.90 Å². The summed E-state index contributed by atoms with van der Waals surface area (Å²) in [5.74, 6) is -0.188. The number of carbonyl (C=O) groups excluding carboxylic acids is 1. The summed E-state index contributed by atoms with van der Waals surface area (Å²) in [6.45, 7) is 9.02. The average Bonchev–Trinajstić information content (AvgIpc) is 2.97. The Kier molecular flexibility index (Phi) is 5.62. The number of halogens is 1. The van der Waals surface area contributed by atoms with Crippen LogP contribution in [-0.2, 0) is 9.53 Å². The highest BCUT2D eigenvalue weighted by molar-refractivity contribution is 5.78. The molecule has 4 nitrogen and oxygen atoms in total. The fraction of sp³-hybridized carbons (Fsp3) is 0.650. The van der Waals surface area contributed by atoms with Crippen molar-refractivity contribution in [3.8, 4) is 0 Å². The minimum absolute atomic E-state index is 0.00336. The maximum Gasteiger partial charge on any atom is 0.312 e. The molecule has 0 unspecified atom stereocenters. The summed E-state index contributed by atoms with van der Waals surface area (Å²) in [5, 5.41) is 0. The molecular weight excluding hydrogens is 319 g/mol. The van der Waals surface area contributed by atoms with E-state index in [0.29, 0.717) is 0 Å². The van der Waals surface area contributed by atoms with Crippen molar-refractivity contribution >= 4 is 11.7 Å². The van der Waals surface area contributed by atoms with Crippen molar-refractivity contribution in [2.75, 3.05) is 37.6 Å². The smallest absolute Gasteiger partial charge is 0.312 e. The Labute approximate surface area is 149 Å². The van der Waals surface area contributed by atoms with Crippen molar-refractivity contribution in [2.45, 2.75) is 45.6 Å². The minimum Gasteiger partial charge on any atom is -0.462 e. The second-order valence-electron chi connectivity index (χ2n) is 7.31. The molecule has 1 aromatic rings. The number of hydrogen-bond donors (Lipinski definition) is 0. The number of cyclic esters (lactones) is 1. The lowest BCUT2D eigenvalue weighted by atomic mass is 9.79. The number of piperazine rings is 1. The highest BCUT2D eigenvalue weighted by atomic mass is 19.1. The molecule has 5 heteroatoms. The highest BCUT2D eigenvalue weighted by Crippen LogP contribution is 2.41. The van der Waals surface area contributed by atoms with Gasteiger partial charge in [0.1, 0.15) is 11.9 Å². The number of nitrogens with zero attached hydrogens (tertiary/aromatic N) is 2. The quantitative estimate of drug-likeness (QED) is 0.737. The summed E-state index contributed by atoms with van der Waals surface area (Å²) in [5.41, 5.74) is 0.841. The van der Waals surface area contributed by atoms with Gasteiger partial charge in [0.25, 0.3) is 0 Å². The molecule has 2 aliphatic heterocycles. The summed E-state index contributed by atoms with van der Waals surface area (Å²) >= 11 is 0. The van der Waals surface area contributed by atoms with Gasteiger partial charge in [0.05, 0.1) is 5.41 Å². The number of rotatable bonds is 6. The van der Waals surface area contributed by atoms with Crippen LogP contribution in [0.15, 0.2) is 24.3 Å². The maximum absolute atomic E-state index is 13.0. The number of carbonyl (C=O) groups is 1. The standard InChI is InChI=1S/C20H29FN2O2/c1-3-20(4-2)15-18(25-19(20)24)9-10-22-11-13-23(14-12-22)17-7-5-16(21)6-8-17/h5-8,18H,3-4,9-15H2,1-2H3/t18-/m0/s1. The van der Waals surface area contributed by atoms with Crippen LogP contribution in [0, 0.1) is 11.2 Å². The van der Waals surface area contributed by atoms with Crippen molar-refractivity contribution in [3.05, 3.63) is 30.1 Å². The molecule has 3 rings (SSSR count). The number of esters is 1. The Hall–Kier alpha value is -1.62. The van der Waals surface area contributed by atoms with E-state index in [9.17, 15) is 9.18 Å². The molecular formula is C20H29FN2O2. The molecule has 138 valence electrons. The SMILES string of the molecule is CCC1(CC)C[C@H](CCN2CCN(c3ccc(F)cc3)CC2)OC1=O. The van der Waals surface area contributed by atoms with Gasteiger partial charge in [-0.3, -0.25) is 9.69 Å². The van der Waals surface area contributed by atoms with Gasteiger partial charge in [0.15, 0.2) is 0 Å². The lowest BCUT2D eigenvalue weighted by molar-refractivity contribution is -0.149. The average molecular weight is 348 g/mol. The summed E-state index contributed by atoms with van der Waals surface area (Å²) in [6, 6.07) is 6.73. The van der Waals surface area contributed by atoms with Gasteiger partial charge in [-0.15, -0.1) is 0 Å². The number of hydrogen-bond acceptors (Lipinski definition) is 4. The van der Waals surface area contributed by atoms with E-state index >= 15 is 0 Å². The lowest BCUT2D eigenvalue weighted by Crippen LogP contribution is -2.47. The third kappa shape index (κ3) is 3.97. The van der Waals surface area contributed by atoms with Gasteiger partial charge in [0.2, 0.25) is 0 Å². The molecule has 0 saturated carbocycles. The van der Waals surface area contributed by atoms with Gasteiger partial charge in [-0.25, -0.2) is 4.39 Å². The van der Waals surface area contributed by atoms with E-state index in [0.717, 1.165) is 64.1 Å². The predicted molar refractivity (Wildman–Crippen MR) is 97.2 cm³/mol. The molecule has 0 aliphatic carbocycles. The molecule has 2 aliphatic rings. The number of ether oxygens (including phenoxy) is 1. The normalized spacial score (nSPS) is 23.7. The van der Waals surface area contributed by atoms with Crippen molar-refractivity contribution in [2.24, 2.45) is 5.41 Å². The van der Waals surface area contributed by atoms with Gasteiger partial charge in [-0.1, -0.05) is 13.8 Å². The van der Waals surface area contributed by atoms with Crippen LogP contribution in [0.1, 0.15) is 39.5 Å². The second kappa shape index (κ2) is 7.73. The summed E-state index contributed by atoms with van der Waals surface area (Å²) in [6.07, 6.45) is 3.60. The van der Waals surface area contributed by atoms with Crippen LogP contribution in [0.5, 0.6) is 0 Å². The molecule has 0 aromatic heterocycles. The third-order valence-corrected chi connectivity index (χ3v) is 6.01. The zero-order valence-corrected chi connectivity index (χ0v) is 15.3. The molecule has 1 aromatic carbocycles. The zero-order valence-electron chi connectivity index (χ0n) is 15.3. The van der Waals surface area contributed by atoms with Gasteiger partial charge in [-0.05, 0) is 43.5 Å². The topological polar surface area (TPSA) is 32.8 Å². The fourth-order valence-corrected chi connectivity index (χ4v) is 4.03. The summed E-state index contributed by atoms with van der Waals surface area (Å²) in [7, 11) is 0. The Balaban J connectivity index is 1.44. The molecule has 2 fully saturated rings. The highest BCUT2D eigenvalue weighted by Gasteiger charge is 2.46. The minimum atomic E-state index is -0.244. The van der Waals surface area contributed by atoms with Crippen LogP contribution >= 0.6 is 0 Å². The molecule has 0 amide bonds. The van der Waals surface area contributed by atoms with Crippen LogP contribution in [0.25, 0.3) is 0 Å². The Morgan fingerprint density at radius 3 is 2.32 bits per heavy atom. The molecule has 2 saturated heterocycles. The summed E-state index contributed by atoms with van der Waals surface area (Å²) in [4.78, 5) is 16.9. The lowest BCUT2D eigenvalue weighted by Gasteiger charge is -2.36. The fourth-order valence-electron chi connectivity index (χ4n) is 4.03. The van der Waals surface area contributed by atoms with E-state index < -0.39 is 0 Å². The summed E-state index contributed by atoms with van der Waals surface area (Å²) < 4.78 is 18.7. The number of anilines is 1. The first-order valence-corrected chi connectivity index (χ1v) is 9.50. The molecule has 0 bridgehead atoms. The van der Waals surface area contributed by atoms with E-state index in [1.165, 1.54) is 12.1 Å². The molecule has 0 spiro atoms. The van der Waals surface area contributed by atoms with Gasteiger partial charge < -0.3 is 9.64 Å². The molecule has 0 N–H and O–H groups in total. The van der Waals surface area contributed by atoms with E-state index in [-0.39, 0.29) is 23.3 Å². The molecule has 1 atom stereocenters. The Bertz CT molecular complexity index is 578. The van der Waals surface area contributed by atoms with Crippen LogP contribution in [-0.4, -0.2) is 49.7 Å². The van der Waals surface area contributed by atoms with Crippen molar-refractivity contribution < 1.29 is 13.9 Å². The van der Waals surface area contributed by atoms with Crippen LogP contribution in [0.3, 0.4) is 0 Å². The molecule has 0 radical (unpaired) electrons. The molecule has 2 heterocycles. The van der Waals surface area contributed by atoms with Gasteiger partial charge >= 0.3 is 5.97 Å². The van der Waals surface area contributed by atoms with Crippen LogP contribution in [0.4, 0.5) is 10.1 Å².